The van der Waals surface area contributed by atoms with Gasteiger partial charge in [0.05, 0.1) is 16.6 Å². The van der Waals surface area contributed by atoms with Gasteiger partial charge in [0.1, 0.15) is 0 Å². The van der Waals surface area contributed by atoms with Crippen molar-refractivity contribution in [2.45, 2.75) is 6.54 Å². The number of fused-ring (bicyclic) bond motifs is 1. The molecule has 0 saturated heterocycles. The van der Waals surface area contributed by atoms with Gasteiger partial charge in [-0.2, -0.15) is 4.98 Å². The molecule has 3 N–H and O–H groups in total. The number of nitrogens with two attached hydrogens (primary N) is 1. The first-order valence-corrected chi connectivity index (χ1v) is 7.03. The highest BCUT2D eigenvalue weighted by atomic mass is 35.5. The van der Waals surface area contributed by atoms with Gasteiger partial charge in [-0.3, -0.25) is 14.3 Å². The Labute approximate surface area is 133 Å². The van der Waals surface area contributed by atoms with Crippen molar-refractivity contribution in [3.8, 4) is 0 Å². The SMILES string of the molecule is Cn1c(=O)[nH]c(=O)c2c1nc(N)n2Cc1ccc(Cl)c(Cl)c1. The van der Waals surface area contributed by atoms with Gasteiger partial charge in [-0.05, 0) is 17.7 Å². The Morgan fingerprint density at radius 1 is 1.27 bits per heavy atom. The molecule has 114 valence electrons. The molecule has 0 spiro atoms. The molecule has 0 aliphatic heterocycles. The van der Waals surface area contributed by atoms with Gasteiger partial charge in [0, 0.05) is 7.05 Å². The van der Waals surface area contributed by atoms with E-state index in [0.717, 1.165) is 5.56 Å². The normalized spacial score (nSPS) is 11.2. The second-order valence-corrected chi connectivity index (χ2v) is 5.61. The Kier molecular flexibility index (Phi) is 3.46. The Balaban J connectivity index is 2.21. The third kappa shape index (κ3) is 2.28. The Morgan fingerprint density at radius 3 is 2.68 bits per heavy atom. The van der Waals surface area contributed by atoms with Crippen LogP contribution in [-0.4, -0.2) is 19.1 Å². The lowest BCUT2D eigenvalue weighted by atomic mass is 10.2. The molecule has 0 saturated carbocycles. The van der Waals surface area contributed by atoms with Crippen LogP contribution in [0.15, 0.2) is 27.8 Å². The van der Waals surface area contributed by atoms with E-state index in [4.69, 9.17) is 28.9 Å². The van der Waals surface area contributed by atoms with Gasteiger partial charge in [-0.15, -0.1) is 0 Å². The minimum atomic E-state index is -0.545. The van der Waals surface area contributed by atoms with E-state index in [2.05, 4.69) is 9.97 Å². The zero-order valence-electron chi connectivity index (χ0n) is 11.4. The number of nitrogens with zero attached hydrogens (tertiary/aromatic N) is 3. The van der Waals surface area contributed by atoms with Gasteiger partial charge >= 0.3 is 5.69 Å². The third-order valence-electron chi connectivity index (χ3n) is 3.36. The van der Waals surface area contributed by atoms with E-state index >= 15 is 0 Å². The van der Waals surface area contributed by atoms with E-state index in [1.54, 1.807) is 18.2 Å². The maximum absolute atomic E-state index is 12.1. The number of nitrogen functional groups attached to an aromatic ring is 1. The number of hydrogen-bond donors (Lipinski definition) is 2. The predicted molar refractivity (Wildman–Crippen MR) is 85.6 cm³/mol. The zero-order valence-corrected chi connectivity index (χ0v) is 12.9. The van der Waals surface area contributed by atoms with Crippen molar-refractivity contribution in [3.05, 3.63) is 54.6 Å². The van der Waals surface area contributed by atoms with Crippen LogP contribution in [0.25, 0.3) is 11.2 Å². The third-order valence-corrected chi connectivity index (χ3v) is 4.10. The van der Waals surface area contributed by atoms with Gasteiger partial charge in [0.15, 0.2) is 11.2 Å². The summed E-state index contributed by atoms with van der Waals surface area (Å²) < 4.78 is 2.76. The van der Waals surface area contributed by atoms with E-state index in [1.165, 1.54) is 16.2 Å². The fourth-order valence-electron chi connectivity index (χ4n) is 2.23. The van der Waals surface area contributed by atoms with Crippen molar-refractivity contribution in [3.63, 3.8) is 0 Å². The summed E-state index contributed by atoms with van der Waals surface area (Å²) in [6.45, 7) is 0.278. The van der Waals surface area contributed by atoms with Crippen LogP contribution in [0, 0.1) is 0 Å². The number of nitrogens with one attached hydrogen (secondary N) is 1. The Hall–Kier alpha value is -2.25. The number of hydrogen-bond acceptors (Lipinski definition) is 4. The lowest BCUT2D eigenvalue weighted by Gasteiger charge is -2.07. The number of halogens is 2. The number of rotatable bonds is 2. The van der Waals surface area contributed by atoms with Gasteiger partial charge in [0.25, 0.3) is 5.56 Å². The largest absolute Gasteiger partial charge is 0.369 e. The first kappa shape index (κ1) is 14.7. The summed E-state index contributed by atoms with van der Waals surface area (Å²) in [6.07, 6.45) is 0. The standard InChI is InChI=1S/C13H11Cl2N5O2/c1-19-10-9(11(21)18-13(19)22)20(12(16)17-10)5-6-2-3-7(14)8(15)4-6/h2-4H,5H2,1H3,(H2,16,17)(H,18,21,22). The van der Waals surface area contributed by atoms with Crippen molar-refractivity contribution in [2.75, 3.05) is 5.73 Å². The maximum atomic E-state index is 12.1. The van der Waals surface area contributed by atoms with E-state index in [0.29, 0.717) is 10.0 Å². The number of aryl methyl sites for hydroxylation is 1. The molecule has 1 aromatic carbocycles. The highest BCUT2D eigenvalue weighted by Gasteiger charge is 2.16. The van der Waals surface area contributed by atoms with Crippen LogP contribution in [0.2, 0.25) is 10.0 Å². The zero-order chi connectivity index (χ0) is 16.0. The van der Waals surface area contributed by atoms with Crippen molar-refractivity contribution in [1.29, 1.82) is 0 Å². The Bertz CT molecular complexity index is 1000. The highest BCUT2D eigenvalue weighted by Crippen LogP contribution is 2.24. The van der Waals surface area contributed by atoms with Crippen LogP contribution in [-0.2, 0) is 13.6 Å². The van der Waals surface area contributed by atoms with Crippen molar-refractivity contribution >= 4 is 40.3 Å². The van der Waals surface area contributed by atoms with Gasteiger partial charge < -0.3 is 10.3 Å². The second-order valence-electron chi connectivity index (χ2n) is 4.80. The van der Waals surface area contributed by atoms with Gasteiger partial charge in [-0.1, -0.05) is 29.3 Å². The average molecular weight is 340 g/mol. The summed E-state index contributed by atoms with van der Waals surface area (Å²) in [6, 6.07) is 5.12. The highest BCUT2D eigenvalue weighted by molar-refractivity contribution is 6.42. The van der Waals surface area contributed by atoms with E-state index < -0.39 is 11.2 Å². The summed E-state index contributed by atoms with van der Waals surface area (Å²) in [5.74, 6) is 0.132. The summed E-state index contributed by atoms with van der Waals surface area (Å²) in [7, 11) is 1.51. The number of aromatic nitrogens is 4. The molecule has 22 heavy (non-hydrogen) atoms. The monoisotopic (exact) mass is 339 g/mol. The molecule has 3 aromatic rings. The first-order chi connectivity index (χ1) is 10.4. The van der Waals surface area contributed by atoms with Crippen LogP contribution in [0.1, 0.15) is 5.56 Å². The molecular weight excluding hydrogens is 329 g/mol. The average Bonchev–Trinajstić information content (AvgIpc) is 2.78. The second kappa shape index (κ2) is 5.19. The van der Waals surface area contributed by atoms with Gasteiger partial charge in [0.2, 0.25) is 5.95 Å². The van der Waals surface area contributed by atoms with Crippen molar-refractivity contribution in [2.24, 2.45) is 7.05 Å². The molecule has 7 nitrogen and oxygen atoms in total. The molecule has 0 bridgehead atoms. The lowest BCUT2D eigenvalue weighted by Crippen LogP contribution is -2.29. The summed E-state index contributed by atoms with van der Waals surface area (Å²) in [4.78, 5) is 30.0. The molecule has 0 amide bonds. The molecular formula is C13H11Cl2N5O2. The van der Waals surface area contributed by atoms with Gasteiger partial charge in [-0.25, -0.2) is 4.79 Å². The molecule has 0 radical (unpaired) electrons. The number of H-pyrrole nitrogens is 1. The van der Waals surface area contributed by atoms with Crippen LogP contribution >= 0.6 is 23.2 Å². The lowest BCUT2D eigenvalue weighted by molar-refractivity contribution is 0.812. The number of anilines is 1. The molecule has 0 aliphatic carbocycles. The Morgan fingerprint density at radius 2 is 2.00 bits per heavy atom. The van der Waals surface area contributed by atoms with Crippen molar-refractivity contribution < 1.29 is 0 Å². The predicted octanol–water partition coefficient (Wildman–Crippen LogP) is 1.36. The molecule has 0 unspecified atom stereocenters. The fourth-order valence-corrected chi connectivity index (χ4v) is 2.55. The van der Waals surface area contributed by atoms with Crippen LogP contribution < -0.4 is 17.0 Å². The maximum Gasteiger partial charge on any atom is 0.329 e. The van der Waals surface area contributed by atoms with E-state index in [-0.39, 0.29) is 23.7 Å². The minimum absolute atomic E-state index is 0.132. The first-order valence-electron chi connectivity index (χ1n) is 6.27. The summed E-state index contributed by atoms with van der Waals surface area (Å²) in [5, 5.41) is 0.845. The van der Waals surface area contributed by atoms with E-state index in [1.807, 2.05) is 0 Å². The summed E-state index contributed by atoms with van der Waals surface area (Å²) in [5.41, 5.74) is 6.05. The van der Waals surface area contributed by atoms with Crippen LogP contribution in [0.5, 0.6) is 0 Å². The summed E-state index contributed by atoms with van der Waals surface area (Å²) >= 11 is 11.9. The van der Waals surface area contributed by atoms with E-state index in [9.17, 15) is 9.59 Å². The molecule has 3 rings (SSSR count). The molecule has 2 heterocycles. The molecule has 0 aliphatic rings. The molecule has 0 atom stereocenters. The molecule has 0 fully saturated rings. The smallest absolute Gasteiger partial charge is 0.329 e. The molecule has 2 aromatic heterocycles. The minimum Gasteiger partial charge on any atom is -0.369 e. The number of aromatic amines is 1. The topological polar surface area (TPSA) is 98.7 Å². The quantitative estimate of drug-likeness (QED) is 0.736. The van der Waals surface area contributed by atoms with Crippen molar-refractivity contribution in [1.82, 2.24) is 19.1 Å². The fraction of sp³-hybridized carbons (Fsp3) is 0.154. The van der Waals surface area contributed by atoms with Crippen LogP contribution in [0.4, 0.5) is 5.95 Å². The molecule has 9 heteroatoms. The number of imidazole rings is 1. The van der Waals surface area contributed by atoms with Crippen LogP contribution in [0.3, 0.4) is 0 Å². The number of benzene rings is 1.